The number of alkyl halides is 2. The normalized spacial score (nSPS) is 23.8. The molecule has 0 spiro atoms. The lowest BCUT2D eigenvalue weighted by Crippen LogP contribution is -2.45. The smallest absolute Gasteiger partial charge is 0.260 e. The Morgan fingerprint density at radius 1 is 1.43 bits per heavy atom. The number of rotatable bonds is 3. The Morgan fingerprint density at radius 2 is 2.07 bits per heavy atom. The second-order valence-electron chi connectivity index (χ2n) is 4.97. The van der Waals surface area contributed by atoms with Gasteiger partial charge in [-0.2, -0.15) is 0 Å². The van der Waals surface area contributed by atoms with Crippen LogP contribution in [0.15, 0.2) is 0 Å². The van der Waals surface area contributed by atoms with Crippen molar-refractivity contribution in [2.24, 2.45) is 5.73 Å². The quantitative estimate of drug-likeness (QED) is 0.763. The van der Waals surface area contributed by atoms with Crippen molar-refractivity contribution in [1.82, 2.24) is 4.90 Å². The lowest BCUT2D eigenvalue weighted by Gasteiger charge is -2.34. The van der Waals surface area contributed by atoms with Crippen LogP contribution >= 0.6 is 0 Å². The van der Waals surface area contributed by atoms with Gasteiger partial charge in [-0.1, -0.05) is 0 Å². The Kier molecular flexibility index (Phi) is 3.48. The van der Waals surface area contributed by atoms with Crippen LogP contribution in [0.3, 0.4) is 0 Å². The second kappa shape index (κ2) is 4.11. The van der Waals surface area contributed by atoms with Gasteiger partial charge in [-0.15, -0.1) is 0 Å². The van der Waals surface area contributed by atoms with Crippen LogP contribution in [0, 0.1) is 0 Å². The van der Waals surface area contributed by atoms with E-state index in [2.05, 4.69) is 0 Å². The highest BCUT2D eigenvalue weighted by molar-refractivity contribution is 4.81. The molecule has 0 radical (unpaired) electrons. The zero-order chi connectivity index (χ0) is 10.8. The number of nitrogens with zero attached hydrogens (tertiary/aromatic N) is 1. The molecule has 0 bridgehead atoms. The first-order chi connectivity index (χ1) is 6.29. The summed E-state index contributed by atoms with van der Waals surface area (Å²) < 4.78 is 26.0. The average molecular weight is 206 g/mol. The monoisotopic (exact) mass is 206 g/mol. The van der Waals surface area contributed by atoms with Crippen molar-refractivity contribution in [3.05, 3.63) is 0 Å². The van der Waals surface area contributed by atoms with Crippen molar-refractivity contribution in [3.8, 4) is 0 Å². The summed E-state index contributed by atoms with van der Waals surface area (Å²) in [5.74, 6) is -2.49. The van der Waals surface area contributed by atoms with Crippen molar-refractivity contribution >= 4 is 0 Å². The molecule has 1 aliphatic rings. The van der Waals surface area contributed by atoms with E-state index in [1.54, 1.807) is 0 Å². The molecule has 1 aliphatic heterocycles. The van der Waals surface area contributed by atoms with Crippen molar-refractivity contribution in [2.75, 3.05) is 19.6 Å². The third-order valence-electron chi connectivity index (χ3n) is 2.54. The minimum Gasteiger partial charge on any atom is -0.326 e. The lowest BCUT2D eigenvalue weighted by atomic mass is 10.0. The maximum atomic E-state index is 13.0. The summed E-state index contributed by atoms with van der Waals surface area (Å²) >= 11 is 0. The van der Waals surface area contributed by atoms with Crippen LogP contribution in [0.2, 0.25) is 0 Å². The van der Waals surface area contributed by atoms with Gasteiger partial charge in [-0.05, 0) is 33.2 Å². The molecule has 0 aromatic heterocycles. The van der Waals surface area contributed by atoms with E-state index in [4.69, 9.17) is 5.73 Å². The topological polar surface area (TPSA) is 29.3 Å². The van der Waals surface area contributed by atoms with Gasteiger partial charge in [0.05, 0.1) is 6.54 Å². The maximum absolute atomic E-state index is 13.0. The average Bonchev–Trinajstić information content (AvgIpc) is 1.98. The van der Waals surface area contributed by atoms with E-state index in [-0.39, 0.29) is 18.5 Å². The van der Waals surface area contributed by atoms with E-state index in [0.717, 1.165) is 13.0 Å². The third kappa shape index (κ3) is 4.33. The summed E-state index contributed by atoms with van der Waals surface area (Å²) in [5, 5.41) is 0. The number of hydrogen-bond acceptors (Lipinski definition) is 2. The maximum Gasteiger partial charge on any atom is 0.260 e. The molecular weight excluding hydrogens is 186 g/mol. The first-order valence-electron chi connectivity index (χ1n) is 5.18. The van der Waals surface area contributed by atoms with Crippen LogP contribution in [-0.2, 0) is 0 Å². The number of piperidine rings is 1. The molecule has 4 heteroatoms. The molecule has 1 heterocycles. The Bertz CT molecular complexity index is 187. The fourth-order valence-corrected chi connectivity index (χ4v) is 1.68. The standard InChI is InChI=1S/C10H20F2N2/c1-9(2,13)5-7-14-6-3-4-10(11,12)8-14/h3-8,13H2,1-2H3. The Morgan fingerprint density at radius 3 is 2.57 bits per heavy atom. The van der Waals surface area contributed by atoms with E-state index in [1.165, 1.54) is 0 Å². The Labute approximate surface area is 84.4 Å². The van der Waals surface area contributed by atoms with Gasteiger partial charge in [0.15, 0.2) is 0 Å². The molecule has 14 heavy (non-hydrogen) atoms. The molecule has 0 atom stereocenters. The van der Waals surface area contributed by atoms with Gasteiger partial charge in [0, 0.05) is 18.5 Å². The highest BCUT2D eigenvalue weighted by Gasteiger charge is 2.35. The fourth-order valence-electron chi connectivity index (χ4n) is 1.68. The summed E-state index contributed by atoms with van der Waals surface area (Å²) in [6.07, 6.45) is 1.40. The summed E-state index contributed by atoms with van der Waals surface area (Å²) in [6.45, 7) is 5.22. The van der Waals surface area contributed by atoms with E-state index in [9.17, 15) is 8.78 Å². The van der Waals surface area contributed by atoms with Gasteiger partial charge in [-0.3, -0.25) is 4.90 Å². The fraction of sp³-hybridized carbons (Fsp3) is 1.00. The highest BCUT2D eigenvalue weighted by atomic mass is 19.3. The van der Waals surface area contributed by atoms with Crippen molar-refractivity contribution < 1.29 is 8.78 Å². The van der Waals surface area contributed by atoms with Crippen LogP contribution < -0.4 is 5.73 Å². The molecule has 0 aliphatic carbocycles. The number of nitrogens with two attached hydrogens (primary N) is 1. The zero-order valence-corrected chi connectivity index (χ0v) is 9.02. The first-order valence-corrected chi connectivity index (χ1v) is 5.18. The molecule has 84 valence electrons. The predicted molar refractivity (Wildman–Crippen MR) is 53.5 cm³/mol. The molecule has 1 rings (SSSR count). The summed E-state index contributed by atoms with van der Waals surface area (Å²) in [5.41, 5.74) is 5.55. The number of likely N-dealkylation sites (tertiary alicyclic amines) is 1. The van der Waals surface area contributed by atoms with Gasteiger partial charge in [0.25, 0.3) is 5.92 Å². The lowest BCUT2D eigenvalue weighted by molar-refractivity contribution is -0.0648. The van der Waals surface area contributed by atoms with E-state index in [1.807, 2.05) is 18.7 Å². The molecule has 2 nitrogen and oxygen atoms in total. The van der Waals surface area contributed by atoms with E-state index < -0.39 is 5.92 Å². The summed E-state index contributed by atoms with van der Waals surface area (Å²) in [4.78, 5) is 1.82. The summed E-state index contributed by atoms with van der Waals surface area (Å²) in [6, 6.07) is 0. The Hall–Kier alpha value is -0.220. The molecule has 0 aromatic rings. The van der Waals surface area contributed by atoms with Crippen molar-refractivity contribution in [3.63, 3.8) is 0 Å². The van der Waals surface area contributed by atoms with E-state index >= 15 is 0 Å². The number of hydrogen-bond donors (Lipinski definition) is 1. The molecule has 0 saturated carbocycles. The van der Waals surface area contributed by atoms with Crippen LogP contribution in [0.5, 0.6) is 0 Å². The molecule has 0 amide bonds. The van der Waals surface area contributed by atoms with Crippen molar-refractivity contribution in [2.45, 2.75) is 44.6 Å². The third-order valence-corrected chi connectivity index (χ3v) is 2.54. The SMILES string of the molecule is CC(C)(N)CCN1CCCC(F)(F)C1. The molecule has 2 N–H and O–H groups in total. The molecular formula is C10H20F2N2. The zero-order valence-electron chi connectivity index (χ0n) is 9.02. The van der Waals surface area contributed by atoms with Crippen LogP contribution in [-0.4, -0.2) is 36.0 Å². The first kappa shape index (κ1) is 11.9. The van der Waals surface area contributed by atoms with E-state index in [0.29, 0.717) is 13.0 Å². The largest absolute Gasteiger partial charge is 0.326 e. The number of halogens is 2. The minimum absolute atomic E-state index is 0.0372. The molecule has 0 unspecified atom stereocenters. The highest BCUT2D eigenvalue weighted by Crippen LogP contribution is 2.26. The van der Waals surface area contributed by atoms with Crippen LogP contribution in [0.1, 0.15) is 33.1 Å². The molecule has 1 saturated heterocycles. The van der Waals surface area contributed by atoms with Gasteiger partial charge in [-0.25, -0.2) is 8.78 Å². The molecule has 0 aromatic carbocycles. The van der Waals surface area contributed by atoms with Gasteiger partial charge in [0.1, 0.15) is 0 Å². The molecule has 1 fully saturated rings. The minimum atomic E-state index is -2.49. The van der Waals surface area contributed by atoms with Gasteiger partial charge < -0.3 is 5.73 Å². The van der Waals surface area contributed by atoms with Gasteiger partial charge in [0.2, 0.25) is 0 Å². The van der Waals surface area contributed by atoms with Crippen LogP contribution in [0.25, 0.3) is 0 Å². The van der Waals surface area contributed by atoms with Gasteiger partial charge >= 0.3 is 0 Å². The second-order valence-corrected chi connectivity index (χ2v) is 4.97. The van der Waals surface area contributed by atoms with Crippen LogP contribution in [0.4, 0.5) is 8.78 Å². The Balaban J connectivity index is 2.32. The summed E-state index contributed by atoms with van der Waals surface area (Å²) in [7, 11) is 0. The van der Waals surface area contributed by atoms with Crippen molar-refractivity contribution in [1.29, 1.82) is 0 Å². The predicted octanol–water partition coefficient (Wildman–Crippen LogP) is 1.84.